The quantitative estimate of drug-likeness (QED) is 0.739. The van der Waals surface area contributed by atoms with Gasteiger partial charge >= 0.3 is 5.97 Å². The van der Waals surface area contributed by atoms with E-state index in [1.54, 1.807) is 25.3 Å². The normalized spacial score (nSPS) is 16.9. The van der Waals surface area contributed by atoms with Crippen molar-refractivity contribution >= 4 is 17.6 Å². The molecule has 0 bridgehead atoms. The number of benzene rings is 2. The molecule has 148 valence electrons. The van der Waals surface area contributed by atoms with Crippen LogP contribution < -0.4 is 14.8 Å². The predicted molar refractivity (Wildman–Crippen MR) is 104 cm³/mol. The molecule has 7 heteroatoms. The number of ether oxygens (including phenoxy) is 3. The van der Waals surface area contributed by atoms with Crippen LogP contribution in [-0.2, 0) is 20.9 Å². The second-order valence-corrected chi connectivity index (χ2v) is 6.46. The Morgan fingerprint density at radius 1 is 1.18 bits per heavy atom. The van der Waals surface area contributed by atoms with Crippen molar-refractivity contribution in [3.8, 4) is 11.5 Å². The minimum atomic E-state index is -0.627. The highest BCUT2D eigenvalue weighted by molar-refractivity contribution is 5.95. The Morgan fingerprint density at radius 3 is 2.68 bits per heavy atom. The Morgan fingerprint density at radius 2 is 1.96 bits per heavy atom. The maximum absolute atomic E-state index is 12.6. The maximum atomic E-state index is 12.6. The van der Waals surface area contributed by atoms with Crippen molar-refractivity contribution in [3.05, 3.63) is 54.1 Å². The second-order valence-electron chi connectivity index (χ2n) is 6.46. The van der Waals surface area contributed by atoms with E-state index in [1.807, 2.05) is 35.2 Å². The Labute approximate surface area is 164 Å². The number of carbonyl (C=O) groups excluding carboxylic acids is 2. The summed E-state index contributed by atoms with van der Waals surface area (Å²) in [6.45, 7) is 1.50. The third-order valence-electron chi connectivity index (χ3n) is 4.63. The van der Waals surface area contributed by atoms with Gasteiger partial charge in [0, 0.05) is 19.2 Å². The van der Waals surface area contributed by atoms with Crippen molar-refractivity contribution in [3.63, 3.8) is 0 Å². The summed E-state index contributed by atoms with van der Waals surface area (Å²) < 4.78 is 15.6. The highest BCUT2D eigenvalue weighted by Crippen LogP contribution is 2.29. The topological polar surface area (TPSA) is 77.1 Å². The minimum Gasteiger partial charge on any atom is -0.497 e. The molecule has 28 heavy (non-hydrogen) atoms. The molecular weight excluding hydrogens is 360 g/mol. The zero-order valence-electron chi connectivity index (χ0n) is 16.0. The maximum Gasteiger partial charge on any atom is 0.323 e. The molecule has 1 aliphatic rings. The molecule has 1 saturated heterocycles. The number of rotatable bonds is 7. The molecule has 1 fully saturated rings. The number of cyclic esters (lactones) is 1. The van der Waals surface area contributed by atoms with Crippen molar-refractivity contribution < 1.29 is 23.8 Å². The summed E-state index contributed by atoms with van der Waals surface area (Å²) in [6, 6.07) is 14.3. The van der Waals surface area contributed by atoms with Gasteiger partial charge < -0.3 is 19.5 Å². The van der Waals surface area contributed by atoms with Gasteiger partial charge in [0.2, 0.25) is 5.91 Å². The molecule has 7 nitrogen and oxygen atoms in total. The molecule has 1 N–H and O–H groups in total. The van der Waals surface area contributed by atoms with Gasteiger partial charge in [0.05, 0.1) is 26.3 Å². The molecule has 1 amide bonds. The number of morpholine rings is 1. The number of nitrogens with one attached hydrogen (secondary N) is 1. The lowest BCUT2D eigenvalue weighted by Crippen LogP contribution is -2.49. The lowest BCUT2D eigenvalue weighted by Gasteiger charge is -2.33. The highest BCUT2D eigenvalue weighted by Gasteiger charge is 2.33. The van der Waals surface area contributed by atoms with Gasteiger partial charge in [0.25, 0.3) is 0 Å². The zero-order chi connectivity index (χ0) is 19.9. The molecule has 0 aromatic heterocycles. The second kappa shape index (κ2) is 9.23. The van der Waals surface area contributed by atoms with Crippen LogP contribution in [-0.4, -0.2) is 50.2 Å². The van der Waals surface area contributed by atoms with Crippen LogP contribution in [0.1, 0.15) is 12.0 Å². The van der Waals surface area contributed by atoms with Crippen molar-refractivity contribution in [1.29, 1.82) is 0 Å². The molecule has 1 atom stereocenters. The van der Waals surface area contributed by atoms with Crippen LogP contribution in [0.15, 0.2) is 48.5 Å². The number of hydrogen-bond donors (Lipinski definition) is 1. The predicted octanol–water partition coefficient (Wildman–Crippen LogP) is 2.46. The minimum absolute atomic E-state index is 0.000844. The number of nitrogens with zero attached hydrogens (tertiary/aromatic N) is 1. The third kappa shape index (κ3) is 4.80. The summed E-state index contributed by atoms with van der Waals surface area (Å²) >= 11 is 0. The van der Waals surface area contributed by atoms with E-state index in [1.165, 1.54) is 7.11 Å². The van der Waals surface area contributed by atoms with Gasteiger partial charge in [-0.3, -0.25) is 14.5 Å². The lowest BCUT2D eigenvalue weighted by atomic mass is 10.1. The Balaban J connectivity index is 1.69. The largest absolute Gasteiger partial charge is 0.497 e. The first-order valence-electron chi connectivity index (χ1n) is 9.07. The fourth-order valence-electron chi connectivity index (χ4n) is 3.16. The Bertz CT molecular complexity index is 825. The number of methoxy groups -OCH3 is 2. The molecule has 0 radical (unpaired) electrons. The summed E-state index contributed by atoms with van der Waals surface area (Å²) in [6.07, 6.45) is 0.000844. The smallest absolute Gasteiger partial charge is 0.323 e. The van der Waals surface area contributed by atoms with Crippen LogP contribution in [0.25, 0.3) is 0 Å². The van der Waals surface area contributed by atoms with Crippen LogP contribution in [0.2, 0.25) is 0 Å². The highest BCUT2D eigenvalue weighted by atomic mass is 16.5. The van der Waals surface area contributed by atoms with Crippen molar-refractivity contribution in [2.45, 2.75) is 19.0 Å². The number of carbonyl (C=O) groups is 2. The van der Waals surface area contributed by atoms with Gasteiger partial charge in [-0.05, 0) is 17.7 Å². The zero-order valence-corrected chi connectivity index (χ0v) is 16.0. The molecule has 1 aliphatic heterocycles. The molecule has 2 aromatic rings. The molecule has 0 unspecified atom stereocenters. The van der Waals surface area contributed by atoms with Gasteiger partial charge in [-0.25, -0.2) is 0 Å². The molecule has 0 spiro atoms. The Hall–Kier alpha value is -3.06. The summed E-state index contributed by atoms with van der Waals surface area (Å²) in [5, 5.41) is 2.81. The lowest BCUT2D eigenvalue weighted by molar-refractivity contribution is -0.159. The number of hydrogen-bond acceptors (Lipinski definition) is 6. The van der Waals surface area contributed by atoms with Crippen molar-refractivity contribution in [2.75, 3.05) is 32.7 Å². The number of anilines is 1. The van der Waals surface area contributed by atoms with Crippen LogP contribution in [0.3, 0.4) is 0 Å². The summed E-state index contributed by atoms with van der Waals surface area (Å²) in [5.41, 5.74) is 1.60. The van der Waals surface area contributed by atoms with Crippen LogP contribution in [0, 0.1) is 0 Å². The van der Waals surface area contributed by atoms with E-state index < -0.39 is 6.04 Å². The summed E-state index contributed by atoms with van der Waals surface area (Å²) in [5.74, 6) is 0.448. The summed E-state index contributed by atoms with van der Waals surface area (Å²) in [7, 11) is 3.08. The molecule has 3 rings (SSSR count). The van der Waals surface area contributed by atoms with Crippen LogP contribution in [0.5, 0.6) is 11.5 Å². The van der Waals surface area contributed by atoms with Gasteiger partial charge in [-0.2, -0.15) is 0 Å². The molecule has 1 heterocycles. The third-order valence-corrected chi connectivity index (χ3v) is 4.63. The van der Waals surface area contributed by atoms with E-state index in [2.05, 4.69) is 5.32 Å². The van der Waals surface area contributed by atoms with E-state index in [9.17, 15) is 9.59 Å². The van der Waals surface area contributed by atoms with E-state index in [0.29, 0.717) is 36.9 Å². The molecule has 0 aliphatic carbocycles. The standard InChI is InChI=1S/C21H24N2O5/c1-26-16-8-9-17(19(12-16)27-2)22-20(24)13-18-21(25)28-11-10-23(18)14-15-6-4-3-5-7-15/h3-9,12,18H,10-11,13-14H2,1-2H3,(H,22,24)/t18-/m1/s1. The molecule has 2 aromatic carbocycles. The molecular formula is C21H24N2O5. The monoisotopic (exact) mass is 384 g/mol. The van der Waals surface area contributed by atoms with Crippen LogP contribution >= 0.6 is 0 Å². The average Bonchev–Trinajstić information content (AvgIpc) is 2.71. The van der Waals surface area contributed by atoms with Crippen LogP contribution in [0.4, 0.5) is 5.69 Å². The number of amides is 1. The van der Waals surface area contributed by atoms with E-state index in [4.69, 9.17) is 14.2 Å². The van der Waals surface area contributed by atoms with E-state index >= 15 is 0 Å². The Kier molecular flexibility index (Phi) is 6.49. The van der Waals surface area contributed by atoms with Gasteiger partial charge in [0.1, 0.15) is 24.1 Å². The van der Waals surface area contributed by atoms with Gasteiger partial charge in [0.15, 0.2) is 0 Å². The summed E-state index contributed by atoms with van der Waals surface area (Å²) in [4.78, 5) is 26.9. The fraction of sp³-hybridized carbons (Fsp3) is 0.333. The van der Waals surface area contributed by atoms with E-state index in [-0.39, 0.29) is 18.3 Å². The van der Waals surface area contributed by atoms with Crippen molar-refractivity contribution in [1.82, 2.24) is 4.90 Å². The average molecular weight is 384 g/mol. The van der Waals surface area contributed by atoms with E-state index in [0.717, 1.165) is 5.56 Å². The van der Waals surface area contributed by atoms with Gasteiger partial charge in [-0.1, -0.05) is 30.3 Å². The molecule has 0 saturated carbocycles. The first-order valence-corrected chi connectivity index (χ1v) is 9.07. The van der Waals surface area contributed by atoms with Gasteiger partial charge in [-0.15, -0.1) is 0 Å². The first kappa shape index (κ1) is 19.7. The SMILES string of the molecule is COc1ccc(NC(=O)C[C@@H]2C(=O)OCCN2Cc2ccccc2)c(OC)c1. The first-order chi connectivity index (χ1) is 13.6. The van der Waals surface area contributed by atoms with Crippen molar-refractivity contribution in [2.24, 2.45) is 0 Å². The number of esters is 1. The fourth-order valence-corrected chi connectivity index (χ4v) is 3.16.